The van der Waals surface area contributed by atoms with E-state index < -0.39 is 12.0 Å². The number of carbonyl (C=O) groups excluding carboxylic acids is 3. The van der Waals surface area contributed by atoms with Gasteiger partial charge in [0, 0.05) is 19.3 Å². The highest BCUT2D eigenvalue weighted by Gasteiger charge is 2.15. The molecule has 3 N–H and O–H groups in total. The van der Waals surface area contributed by atoms with Crippen LogP contribution in [0, 0.1) is 6.92 Å². The maximum Gasteiger partial charge on any atom is 0.338 e. The summed E-state index contributed by atoms with van der Waals surface area (Å²) in [6.45, 7) is 2.04. The predicted octanol–water partition coefficient (Wildman–Crippen LogP) is 2.30. The summed E-state index contributed by atoms with van der Waals surface area (Å²) in [6, 6.07) is 13.1. The van der Waals surface area contributed by atoms with Crippen molar-refractivity contribution in [1.29, 1.82) is 0 Å². The number of hydrogen-bond donors (Lipinski definition) is 2. The molecule has 0 fully saturated rings. The molecule has 0 unspecified atom stereocenters. The van der Waals surface area contributed by atoms with Gasteiger partial charge in [0.25, 0.3) is 5.91 Å². The Labute approximate surface area is 151 Å². The molecule has 0 saturated carbocycles. The van der Waals surface area contributed by atoms with Crippen LogP contribution < -0.4 is 11.1 Å². The fourth-order valence-corrected chi connectivity index (χ4v) is 2.32. The van der Waals surface area contributed by atoms with Crippen molar-refractivity contribution < 1.29 is 19.1 Å². The molecule has 26 heavy (non-hydrogen) atoms. The predicted molar refractivity (Wildman–Crippen MR) is 97.6 cm³/mol. The van der Waals surface area contributed by atoms with Crippen LogP contribution in [-0.2, 0) is 16.1 Å². The van der Waals surface area contributed by atoms with E-state index in [-0.39, 0.29) is 18.1 Å². The second-order valence-corrected chi connectivity index (χ2v) is 5.82. The lowest BCUT2D eigenvalue weighted by Crippen LogP contribution is -2.31. The van der Waals surface area contributed by atoms with E-state index in [0.29, 0.717) is 12.2 Å². The van der Waals surface area contributed by atoms with Gasteiger partial charge in [-0.3, -0.25) is 4.79 Å². The lowest BCUT2D eigenvalue weighted by molar-refractivity contribution is -0.133. The average molecular weight is 355 g/mol. The van der Waals surface area contributed by atoms with Gasteiger partial charge >= 0.3 is 12.0 Å². The van der Waals surface area contributed by atoms with Crippen molar-refractivity contribution in [3.63, 3.8) is 0 Å². The van der Waals surface area contributed by atoms with Crippen molar-refractivity contribution >= 4 is 23.6 Å². The number of benzene rings is 2. The first-order valence-corrected chi connectivity index (χ1v) is 7.99. The first-order valence-electron chi connectivity index (χ1n) is 7.99. The number of carbonyl (C=O) groups is 3. The maximum absolute atomic E-state index is 12.2. The summed E-state index contributed by atoms with van der Waals surface area (Å²) < 4.78 is 5.06. The number of likely N-dealkylation sites (N-methyl/N-ethyl adjacent to an activating group) is 1. The summed E-state index contributed by atoms with van der Waals surface area (Å²) in [7, 11) is 1.65. The van der Waals surface area contributed by atoms with Crippen LogP contribution in [0.3, 0.4) is 0 Å². The molecule has 7 heteroatoms. The zero-order valence-electron chi connectivity index (χ0n) is 14.7. The maximum atomic E-state index is 12.2. The number of urea groups is 1. The van der Waals surface area contributed by atoms with Crippen LogP contribution in [0.5, 0.6) is 0 Å². The van der Waals surface area contributed by atoms with Gasteiger partial charge in [-0.1, -0.05) is 30.3 Å². The standard InChI is InChI=1S/C19H21N3O4/c1-13-6-3-4-7-15(13)11-22(2)17(23)12-26-18(24)14-8-5-9-16(10-14)21-19(20)25/h3-10H,11-12H2,1-2H3,(H3,20,21,25). The van der Waals surface area contributed by atoms with E-state index in [2.05, 4.69) is 5.32 Å². The summed E-state index contributed by atoms with van der Waals surface area (Å²) in [6.07, 6.45) is 0. The van der Waals surface area contributed by atoms with Crippen molar-refractivity contribution in [2.24, 2.45) is 5.73 Å². The van der Waals surface area contributed by atoms with Gasteiger partial charge < -0.3 is 20.7 Å². The topological polar surface area (TPSA) is 102 Å². The minimum Gasteiger partial charge on any atom is -0.452 e. The third-order valence-corrected chi connectivity index (χ3v) is 3.79. The Morgan fingerprint density at radius 2 is 1.85 bits per heavy atom. The number of hydrogen-bond acceptors (Lipinski definition) is 4. The zero-order valence-corrected chi connectivity index (χ0v) is 14.7. The third-order valence-electron chi connectivity index (χ3n) is 3.79. The van der Waals surface area contributed by atoms with E-state index >= 15 is 0 Å². The highest BCUT2D eigenvalue weighted by Crippen LogP contribution is 2.12. The lowest BCUT2D eigenvalue weighted by Gasteiger charge is -2.18. The molecule has 2 rings (SSSR count). The van der Waals surface area contributed by atoms with E-state index in [1.807, 2.05) is 31.2 Å². The molecule has 3 amide bonds. The van der Waals surface area contributed by atoms with Crippen molar-refractivity contribution in [2.75, 3.05) is 19.0 Å². The lowest BCUT2D eigenvalue weighted by atomic mass is 10.1. The fraction of sp³-hybridized carbons (Fsp3) is 0.211. The van der Waals surface area contributed by atoms with Crippen LogP contribution >= 0.6 is 0 Å². The quantitative estimate of drug-likeness (QED) is 0.776. The minimum absolute atomic E-state index is 0.214. The molecular weight excluding hydrogens is 334 g/mol. The van der Waals surface area contributed by atoms with E-state index in [9.17, 15) is 14.4 Å². The molecular formula is C19H21N3O4. The summed E-state index contributed by atoms with van der Waals surface area (Å²) >= 11 is 0. The normalized spacial score (nSPS) is 10.1. The molecule has 0 saturated heterocycles. The van der Waals surface area contributed by atoms with E-state index in [1.54, 1.807) is 19.2 Å². The van der Waals surface area contributed by atoms with Crippen LogP contribution in [0.25, 0.3) is 0 Å². The van der Waals surface area contributed by atoms with E-state index in [1.165, 1.54) is 17.0 Å². The van der Waals surface area contributed by atoms with E-state index in [4.69, 9.17) is 10.5 Å². The Balaban J connectivity index is 1.91. The van der Waals surface area contributed by atoms with Gasteiger partial charge in [-0.15, -0.1) is 0 Å². The Morgan fingerprint density at radius 3 is 2.54 bits per heavy atom. The Bertz CT molecular complexity index is 820. The summed E-state index contributed by atoms with van der Waals surface area (Å²) in [5.74, 6) is -0.969. The number of ether oxygens (including phenoxy) is 1. The van der Waals surface area contributed by atoms with Crippen molar-refractivity contribution in [3.05, 3.63) is 65.2 Å². The molecule has 2 aromatic rings. The number of aryl methyl sites for hydroxylation is 1. The number of primary amides is 1. The smallest absolute Gasteiger partial charge is 0.338 e. The summed E-state index contributed by atoms with van der Waals surface area (Å²) in [5, 5.41) is 2.37. The van der Waals surface area contributed by atoms with Crippen molar-refractivity contribution in [1.82, 2.24) is 4.90 Å². The third kappa shape index (κ3) is 5.34. The Morgan fingerprint density at radius 1 is 1.12 bits per heavy atom. The zero-order chi connectivity index (χ0) is 19.1. The molecule has 0 atom stereocenters. The molecule has 7 nitrogen and oxygen atoms in total. The SMILES string of the molecule is Cc1ccccc1CN(C)C(=O)COC(=O)c1cccc(NC(N)=O)c1. The van der Waals surface area contributed by atoms with Crippen molar-refractivity contribution in [2.45, 2.75) is 13.5 Å². The van der Waals surface area contributed by atoms with Crippen molar-refractivity contribution in [3.8, 4) is 0 Å². The second-order valence-electron chi connectivity index (χ2n) is 5.82. The van der Waals surface area contributed by atoms with Gasteiger partial charge in [-0.25, -0.2) is 9.59 Å². The molecule has 0 aliphatic carbocycles. The van der Waals surface area contributed by atoms with Crippen LogP contribution in [0.2, 0.25) is 0 Å². The number of nitrogens with two attached hydrogens (primary N) is 1. The number of rotatable bonds is 6. The Hall–Kier alpha value is -3.35. The molecule has 0 radical (unpaired) electrons. The van der Waals surface area contributed by atoms with Crippen LogP contribution in [-0.4, -0.2) is 36.5 Å². The number of anilines is 1. The molecule has 136 valence electrons. The first-order chi connectivity index (χ1) is 12.4. The fourth-order valence-electron chi connectivity index (χ4n) is 2.32. The number of esters is 1. The monoisotopic (exact) mass is 355 g/mol. The minimum atomic E-state index is -0.733. The van der Waals surface area contributed by atoms with Gasteiger partial charge in [0.15, 0.2) is 6.61 Å². The van der Waals surface area contributed by atoms with Gasteiger partial charge in [0.1, 0.15) is 0 Å². The molecule has 0 aliphatic heterocycles. The molecule has 0 bridgehead atoms. The van der Waals surface area contributed by atoms with Gasteiger partial charge in [-0.05, 0) is 36.2 Å². The molecule has 0 aromatic heterocycles. The molecule has 0 heterocycles. The highest BCUT2D eigenvalue weighted by atomic mass is 16.5. The van der Waals surface area contributed by atoms with Crippen LogP contribution in [0.15, 0.2) is 48.5 Å². The Kier molecular flexibility index (Phi) is 6.32. The number of nitrogens with one attached hydrogen (secondary N) is 1. The highest BCUT2D eigenvalue weighted by molar-refractivity contribution is 5.94. The second kappa shape index (κ2) is 8.66. The number of amides is 3. The average Bonchev–Trinajstić information content (AvgIpc) is 2.61. The molecule has 0 aliphatic rings. The van der Waals surface area contributed by atoms with Gasteiger partial charge in [0.2, 0.25) is 0 Å². The molecule has 2 aromatic carbocycles. The largest absolute Gasteiger partial charge is 0.452 e. The molecule has 0 spiro atoms. The van der Waals surface area contributed by atoms with Gasteiger partial charge in [0.05, 0.1) is 5.56 Å². The number of nitrogens with zero attached hydrogens (tertiary/aromatic N) is 1. The van der Waals surface area contributed by atoms with Crippen LogP contribution in [0.1, 0.15) is 21.5 Å². The summed E-state index contributed by atoms with van der Waals surface area (Å²) in [4.78, 5) is 36.6. The van der Waals surface area contributed by atoms with Crippen LogP contribution in [0.4, 0.5) is 10.5 Å². The van der Waals surface area contributed by atoms with Gasteiger partial charge in [-0.2, -0.15) is 0 Å². The first kappa shape index (κ1) is 19.0. The summed E-state index contributed by atoms with van der Waals surface area (Å²) in [5.41, 5.74) is 7.74. The van der Waals surface area contributed by atoms with E-state index in [0.717, 1.165) is 11.1 Å².